The summed E-state index contributed by atoms with van der Waals surface area (Å²) in [7, 11) is 0. The Morgan fingerprint density at radius 2 is 2.00 bits per heavy atom. The fraction of sp³-hybridized carbons (Fsp3) is 0.800. The molecule has 3 aliphatic rings. The minimum Gasteiger partial charge on any atom is -0.392 e. The number of aliphatic hydroxyl groups is 2. The molecule has 0 radical (unpaired) electrons. The van der Waals surface area contributed by atoms with Crippen molar-refractivity contribution < 1.29 is 15.0 Å². The van der Waals surface area contributed by atoms with E-state index in [4.69, 9.17) is 0 Å². The summed E-state index contributed by atoms with van der Waals surface area (Å²) in [5.74, 6) is 0.479. The molecule has 3 rings (SSSR count). The van der Waals surface area contributed by atoms with Crippen molar-refractivity contribution in [1.82, 2.24) is 0 Å². The number of rotatable bonds is 1. The monoisotopic (exact) mass is 250 g/mol. The molecule has 3 fully saturated rings. The lowest BCUT2D eigenvalue weighted by atomic mass is 9.77. The second-order valence-corrected chi connectivity index (χ2v) is 6.99. The van der Waals surface area contributed by atoms with Gasteiger partial charge in [-0.15, -0.1) is 0 Å². The lowest BCUT2D eigenvalue weighted by molar-refractivity contribution is -0.113. The van der Waals surface area contributed by atoms with Gasteiger partial charge in [0.25, 0.3) is 0 Å². The lowest BCUT2D eigenvalue weighted by Gasteiger charge is -2.31. The highest BCUT2D eigenvalue weighted by Crippen LogP contribution is 2.70. The van der Waals surface area contributed by atoms with Crippen molar-refractivity contribution in [2.75, 3.05) is 0 Å². The largest absolute Gasteiger partial charge is 0.392 e. The van der Waals surface area contributed by atoms with Crippen molar-refractivity contribution in [3.63, 3.8) is 0 Å². The molecule has 0 saturated heterocycles. The van der Waals surface area contributed by atoms with Crippen molar-refractivity contribution in [2.24, 2.45) is 29.1 Å². The molecule has 2 N–H and O–H groups in total. The fourth-order valence-corrected chi connectivity index (χ4v) is 4.89. The van der Waals surface area contributed by atoms with E-state index in [1.54, 1.807) is 0 Å². The molecule has 3 nitrogen and oxygen atoms in total. The van der Waals surface area contributed by atoms with E-state index in [1.807, 2.05) is 13.8 Å². The van der Waals surface area contributed by atoms with Gasteiger partial charge >= 0.3 is 0 Å². The van der Waals surface area contributed by atoms with Crippen molar-refractivity contribution >= 4 is 6.29 Å². The molecule has 0 unspecified atom stereocenters. The van der Waals surface area contributed by atoms with Crippen LogP contribution in [0.25, 0.3) is 0 Å². The Labute approximate surface area is 108 Å². The number of aliphatic hydroxyl groups excluding tert-OH is 1. The zero-order chi connectivity index (χ0) is 13.3. The third-order valence-corrected chi connectivity index (χ3v) is 5.88. The first-order valence-corrected chi connectivity index (χ1v) is 6.87. The van der Waals surface area contributed by atoms with Gasteiger partial charge in [-0.3, -0.25) is 0 Å². The van der Waals surface area contributed by atoms with Crippen LogP contribution in [0.2, 0.25) is 0 Å². The van der Waals surface area contributed by atoms with E-state index in [0.29, 0.717) is 6.42 Å². The number of carbonyl (C=O) groups excluding carboxylic acids is 1. The maximum absolute atomic E-state index is 11.4. The van der Waals surface area contributed by atoms with Gasteiger partial charge in [0, 0.05) is 11.3 Å². The Balaban J connectivity index is 2.03. The van der Waals surface area contributed by atoms with Crippen molar-refractivity contribution in [1.29, 1.82) is 0 Å². The van der Waals surface area contributed by atoms with Crippen molar-refractivity contribution in [3.05, 3.63) is 12.2 Å². The fourth-order valence-electron chi connectivity index (χ4n) is 4.89. The van der Waals surface area contributed by atoms with Gasteiger partial charge in [-0.05, 0) is 43.9 Å². The first kappa shape index (κ1) is 12.4. The molecule has 3 heteroatoms. The molecule has 0 heterocycles. The van der Waals surface area contributed by atoms with Crippen LogP contribution < -0.4 is 0 Å². The molecule has 0 aromatic rings. The van der Waals surface area contributed by atoms with E-state index < -0.39 is 17.1 Å². The summed E-state index contributed by atoms with van der Waals surface area (Å²) in [6, 6.07) is 0. The second kappa shape index (κ2) is 3.45. The molecule has 3 saturated carbocycles. The summed E-state index contributed by atoms with van der Waals surface area (Å²) in [6.07, 6.45) is 2.81. The predicted octanol–water partition coefficient (Wildman–Crippen LogP) is 1.54. The van der Waals surface area contributed by atoms with E-state index in [1.165, 1.54) is 0 Å². The zero-order valence-electron chi connectivity index (χ0n) is 11.1. The molecule has 0 amide bonds. The summed E-state index contributed by atoms with van der Waals surface area (Å²) >= 11 is 0. The van der Waals surface area contributed by atoms with Gasteiger partial charge in [0.05, 0.1) is 11.7 Å². The molecular weight excluding hydrogens is 228 g/mol. The van der Waals surface area contributed by atoms with Crippen LogP contribution in [0.5, 0.6) is 0 Å². The summed E-state index contributed by atoms with van der Waals surface area (Å²) in [6.45, 7) is 7.91. The van der Waals surface area contributed by atoms with E-state index in [0.717, 1.165) is 24.7 Å². The number of fused-ring (bicyclic) bond motifs is 3. The maximum atomic E-state index is 11.4. The van der Waals surface area contributed by atoms with Gasteiger partial charge in [0.1, 0.15) is 6.29 Å². The average Bonchev–Trinajstić information content (AvgIpc) is 2.80. The summed E-state index contributed by atoms with van der Waals surface area (Å²) < 4.78 is 0. The SMILES string of the molecule is C=C1C[C@H](O)[C@@H]2[C@H]([C@H]3[C@H]1CC[C@]3(C)O)[C@@]2(C)C=O. The molecule has 7 atom stereocenters. The van der Waals surface area contributed by atoms with Gasteiger partial charge in [-0.1, -0.05) is 19.1 Å². The predicted molar refractivity (Wildman–Crippen MR) is 67.8 cm³/mol. The van der Waals surface area contributed by atoms with Gasteiger partial charge in [-0.2, -0.15) is 0 Å². The third kappa shape index (κ3) is 1.35. The van der Waals surface area contributed by atoms with Crippen LogP contribution in [0.1, 0.15) is 33.1 Å². The first-order valence-electron chi connectivity index (χ1n) is 6.87. The molecular formula is C15H22O3. The van der Waals surface area contributed by atoms with Gasteiger partial charge in [0.15, 0.2) is 0 Å². The van der Waals surface area contributed by atoms with E-state index in [2.05, 4.69) is 6.58 Å². The van der Waals surface area contributed by atoms with Crippen LogP contribution in [0.4, 0.5) is 0 Å². The van der Waals surface area contributed by atoms with Gasteiger partial charge in [0.2, 0.25) is 0 Å². The van der Waals surface area contributed by atoms with Crippen molar-refractivity contribution in [3.8, 4) is 0 Å². The average molecular weight is 250 g/mol. The third-order valence-electron chi connectivity index (χ3n) is 5.88. The molecule has 0 bridgehead atoms. The van der Waals surface area contributed by atoms with Crippen molar-refractivity contribution in [2.45, 2.75) is 44.8 Å². The van der Waals surface area contributed by atoms with Crippen LogP contribution in [0.3, 0.4) is 0 Å². The molecule has 0 spiro atoms. The number of hydrogen-bond donors (Lipinski definition) is 2. The summed E-state index contributed by atoms with van der Waals surface area (Å²) in [5.41, 5.74) is -0.107. The Bertz CT molecular complexity index is 414. The Morgan fingerprint density at radius 1 is 1.33 bits per heavy atom. The van der Waals surface area contributed by atoms with Crippen LogP contribution in [0, 0.1) is 29.1 Å². The van der Waals surface area contributed by atoms with Crippen LogP contribution in [0.15, 0.2) is 12.2 Å². The molecule has 18 heavy (non-hydrogen) atoms. The minimum atomic E-state index is -0.721. The molecule has 0 aliphatic heterocycles. The van der Waals surface area contributed by atoms with Gasteiger partial charge in [-0.25, -0.2) is 0 Å². The topological polar surface area (TPSA) is 57.5 Å². The minimum absolute atomic E-state index is 0.00586. The Morgan fingerprint density at radius 3 is 2.61 bits per heavy atom. The number of hydrogen-bond acceptors (Lipinski definition) is 3. The van der Waals surface area contributed by atoms with Gasteiger partial charge < -0.3 is 15.0 Å². The first-order chi connectivity index (χ1) is 8.33. The maximum Gasteiger partial charge on any atom is 0.126 e. The van der Waals surface area contributed by atoms with Crippen LogP contribution >= 0.6 is 0 Å². The smallest absolute Gasteiger partial charge is 0.126 e. The van der Waals surface area contributed by atoms with Crippen LogP contribution in [-0.2, 0) is 4.79 Å². The Kier molecular flexibility index (Phi) is 2.37. The molecule has 100 valence electrons. The normalized spacial score (nSPS) is 58.7. The highest BCUT2D eigenvalue weighted by atomic mass is 16.3. The second-order valence-electron chi connectivity index (χ2n) is 6.99. The zero-order valence-corrected chi connectivity index (χ0v) is 11.1. The van der Waals surface area contributed by atoms with Crippen LogP contribution in [-0.4, -0.2) is 28.2 Å². The molecule has 0 aromatic heterocycles. The molecule has 0 aromatic carbocycles. The summed E-state index contributed by atoms with van der Waals surface area (Å²) in [5, 5.41) is 20.9. The number of carbonyl (C=O) groups is 1. The molecule has 3 aliphatic carbocycles. The van der Waals surface area contributed by atoms with E-state index >= 15 is 0 Å². The lowest BCUT2D eigenvalue weighted by Crippen LogP contribution is -2.35. The van der Waals surface area contributed by atoms with E-state index in [-0.39, 0.29) is 23.7 Å². The van der Waals surface area contributed by atoms with E-state index in [9.17, 15) is 15.0 Å². The highest BCUT2D eigenvalue weighted by Gasteiger charge is 2.72. The summed E-state index contributed by atoms with van der Waals surface area (Å²) in [4.78, 5) is 11.4. The highest BCUT2D eigenvalue weighted by molar-refractivity contribution is 5.66. The Hall–Kier alpha value is -0.670. The quantitative estimate of drug-likeness (QED) is 0.548. The standard InChI is InChI=1S/C15H22O3/c1-8-6-10(17)12-13(14(12,2)7-16)11-9(8)4-5-15(11,3)18/h7,9-13,17-18H,1,4-6H2,2-3H3/t9-,10-,11+,12+,13-,14-,15-/m0/s1. The number of aldehydes is 1.